The van der Waals surface area contributed by atoms with Crippen LogP contribution in [0.2, 0.25) is 0 Å². The highest BCUT2D eigenvalue weighted by Gasteiger charge is 2.20. The van der Waals surface area contributed by atoms with E-state index in [-0.39, 0.29) is 24.2 Å². The molecule has 1 heterocycles. The van der Waals surface area contributed by atoms with Crippen molar-refractivity contribution in [1.82, 2.24) is 9.88 Å². The number of ether oxygens (including phenoxy) is 1. The van der Waals surface area contributed by atoms with E-state index in [9.17, 15) is 9.18 Å². The number of aromatic nitrogens is 1. The molecule has 0 fully saturated rings. The minimum atomic E-state index is -0.304. The normalized spacial score (nSPS) is 11.9. The van der Waals surface area contributed by atoms with Crippen LogP contribution in [0.5, 0.6) is 5.75 Å². The second-order valence-corrected chi connectivity index (χ2v) is 6.55. The maximum atomic E-state index is 13.0. The summed E-state index contributed by atoms with van der Waals surface area (Å²) in [5, 5.41) is 0. The zero-order valence-corrected chi connectivity index (χ0v) is 16.2. The van der Waals surface area contributed by atoms with Gasteiger partial charge in [0.05, 0.1) is 19.3 Å². The van der Waals surface area contributed by atoms with Crippen molar-refractivity contribution in [3.05, 3.63) is 72.0 Å². The Kier molecular flexibility index (Phi) is 6.09. The lowest BCUT2D eigenvalue weighted by Crippen LogP contribution is -2.30. The first kappa shape index (κ1) is 19.6. The molecule has 0 aliphatic rings. The monoisotopic (exact) mass is 382 g/mol. The SMILES string of the molecule is COc1ccccc1C(C)N(C)C(=O)CCc1ncc(-c2ccc(F)cc2)o1. The number of oxazole rings is 1. The summed E-state index contributed by atoms with van der Waals surface area (Å²) in [4.78, 5) is 18.5. The Labute approximate surface area is 163 Å². The van der Waals surface area contributed by atoms with Gasteiger partial charge in [-0.3, -0.25) is 4.79 Å². The van der Waals surface area contributed by atoms with Gasteiger partial charge in [0.2, 0.25) is 5.91 Å². The lowest BCUT2D eigenvalue weighted by atomic mass is 10.1. The van der Waals surface area contributed by atoms with E-state index in [0.717, 1.165) is 16.9 Å². The van der Waals surface area contributed by atoms with Gasteiger partial charge in [-0.1, -0.05) is 18.2 Å². The van der Waals surface area contributed by atoms with Crippen molar-refractivity contribution in [1.29, 1.82) is 0 Å². The summed E-state index contributed by atoms with van der Waals surface area (Å²) >= 11 is 0. The minimum absolute atomic E-state index is 0.0139. The van der Waals surface area contributed by atoms with Crippen LogP contribution < -0.4 is 4.74 Å². The number of carbonyl (C=O) groups excluding carboxylic acids is 1. The molecule has 28 heavy (non-hydrogen) atoms. The topological polar surface area (TPSA) is 55.6 Å². The van der Waals surface area contributed by atoms with Crippen LogP contribution >= 0.6 is 0 Å². The van der Waals surface area contributed by atoms with E-state index in [0.29, 0.717) is 18.1 Å². The van der Waals surface area contributed by atoms with Gasteiger partial charge in [0, 0.05) is 31.0 Å². The van der Waals surface area contributed by atoms with Gasteiger partial charge in [0.15, 0.2) is 11.7 Å². The molecule has 6 heteroatoms. The lowest BCUT2D eigenvalue weighted by molar-refractivity contribution is -0.131. The molecule has 3 rings (SSSR count). The molecule has 5 nitrogen and oxygen atoms in total. The Morgan fingerprint density at radius 1 is 1.21 bits per heavy atom. The van der Waals surface area contributed by atoms with Gasteiger partial charge in [0.25, 0.3) is 0 Å². The molecular weight excluding hydrogens is 359 g/mol. The first-order valence-corrected chi connectivity index (χ1v) is 9.09. The van der Waals surface area contributed by atoms with E-state index in [2.05, 4.69) is 4.98 Å². The Balaban J connectivity index is 1.61. The molecule has 146 valence electrons. The van der Waals surface area contributed by atoms with Gasteiger partial charge < -0.3 is 14.1 Å². The molecule has 0 saturated carbocycles. The van der Waals surface area contributed by atoms with Crippen molar-refractivity contribution in [2.75, 3.05) is 14.2 Å². The molecule has 1 amide bonds. The Bertz CT molecular complexity index is 937. The van der Waals surface area contributed by atoms with Crippen molar-refractivity contribution in [3.8, 4) is 17.1 Å². The van der Waals surface area contributed by atoms with E-state index in [1.807, 2.05) is 31.2 Å². The van der Waals surface area contributed by atoms with Gasteiger partial charge in [-0.2, -0.15) is 0 Å². The summed E-state index contributed by atoms with van der Waals surface area (Å²) < 4.78 is 24.1. The van der Waals surface area contributed by atoms with E-state index in [1.54, 1.807) is 37.4 Å². The molecule has 1 unspecified atom stereocenters. The average Bonchev–Trinajstić information content (AvgIpc) is 3.20. The van der Waals surface area contributed by atoms with Crippen molar-refractivity contribution < 1.29 is 18.3 Å². The largest absolute Gasteiger partial charge is 0.496 e. The maximum Gasteiger partial charge on any atom is 0.223 e. The molecule has 0 spiro atoms. The standard InChI is InChI=1S/C22H23FN2O3/c1-15(18-6-4-5-7-19(18)27-3)25(2)22(26)13-12-21-24-14-20(28-21)16-8-10-17(23)11-9-16/h4-11,14-15H,12-13H2,1-3H3. The van der Waals surface area contributed by atoms with E-state index in [4.69, 9.17) is 9.15 Å². The zero-order valence-electron chi connectivity index (χ0n) is 16.2. The van der Waals surface area contributed by atoms with Crippen LogP contribution in [-0.4, -0.2) is 29.9 Å². The Morgan fingerprint density at radius 3 is 2.64 bits per heavy atom. The fourth-order valence-corrected chi connectivity index (χ4v) is 3.00. The summed E-state index contributed by atoms with van der Waals surface area (Å²) in [5.74, 6) is 1.47. The number of methoxy groups -OCH3 is 1. The third-order valence-corrected chi connectivity index (χ3v) is 4.80. The molecule has 0 saturated heterocycles. The van der Waals surface area contributed by atoms with E-state index < -0.39 is 0 Å². The minimum Gasteiger partial charge on any atom is -0.496 e. The predicted molar refractivity (Wildman–Crippen MR) is 104 cm³/mol. The number of nitrogens with zero attached hydrogens (tertiary/aromatic N) is 2. The van der Waals surface area contributed by atoms with Gasteiger partial charge in [-0.25, -0.2) is 9.37 Å². The van der Waals surface area contributed by atoms with Crippen molar-refractivity contribution in [3.63, 3.8) is 0 Å². The number of amides is 1. The molecule has 1 atom stereocenters. The summed E-state index contributed by atoms with van der Waals surface area (Å²) in [6.45, 7) is 1.97. The van der Waals surface area contributed by atoms with Gasteiger partial charge in [-0.05, 0) is 37.3 Å². The van der Waals surface area contributed by atoms with E-state index in [1.165, 1.54) is 12.1 Å². The first-order chi connectivity index (χ1) is 13.5. The number of rotatable bonds is 7. The smallest absolute Gasteiger partial charge is 0.223 e. The number of aryl methyl sites for hydroxylation is 1. The van der Waals surface area contributed by atoms with Crippen LogP contribution in [0.25, 0.3) is 11.3 Å². The summed E-state index contributed by atoms with van der Waals surface area (Å²) in [6.07, 6.45) is 2.26. The van der Waals surface area contributed by atoms with Crippen LogP contribution in [-0.2, 0) is 11.2 Å². The molecule has 3 aromatic rings. The Morgan fingerprint density at radius 2 is 1.93 bits per heavy atom. The number of hydrogen-bond acceptors (Lipinski definition) is 4. The van der Waals surface area contributed by atoms with Crippen LogP contribution in [0.4, 0.5) is 4.39 Å². The highest BCUT2D eigenvalue weighted by molar-refractivity contribution is 5.76. The first-order valence-electron chi connectivity index (χ1n) is 9.09. The van der Waals surface area contributed by atoms with Crippen LogP contribution in [0.1, 0.15) is 30.8 Å². The van der Waals surface area contributed by atoms with E-state index >= 15 is 0 Å². The molecule has 0 aliphatic carbocycles. The number of halogens is 1. The molecular formula is C22H23FN2O3. The lowest BCUT2D eigenvalue weighted by Gasteiger charge is -2.26. The molecule has 0 N–H and O–H groups in total. The summed E-state index contributed by atoms with van der Waals surface area (Å²) in [6, 6.07) is 13.5. The summed E-state index contributed by atoms with van der Waals surface area (Å²) in [5.41, 5.74) is 1.70. The number of benzene rings is 2. The predicted octanol–water partition coefficient (Wildman–Crippen LogP) is 4.64. The fraction of sp³-hybridized carbons (Fsp3) is 0.273. The second-order valence-electron chi connectivity index (χ2n) is 6.55. The Hall–Kier alpha value is -3.15. The highest BCUT2D eigenvalue weighted by atomic mass is 19.1. The van der Waals surface area contributed by atoms with Crippen LogP contribution in [0.3, 0.4) is 0 Å². The highest BCUT2D eigenvalue weighted by Crippen LogP contribution is 2.28. The zero-order chi connectivity index (χ0) is 20.1. The molecule has 0 bridgehead atoms. The molecule has 2 aromatic carbocycles. The van der Waals surface area contributed by atoms with Crippen LogP contribution in [0, 0.1) is 5.82 Å². The summed E-state index contributed by atoms with van der Waals surface area (Å²) in [7, 11) is 3.40. The second kappa shape index (κ2) is 8.69. The van der Waals surface area contributed by atoms with Gasteiger partial charge in [-0.15, -0.1) is 0 Å². The molecule has 1 aromatic heterocycles. The van der Waals surface area contributed by atoms with Crippen LogP contribution in [0.15, 0.2) is 59.1 Å². The molecule has 0 aliphatic heterocycles. The number of hydrogen-bond donors (Lipinski definition) is 0. The number of para-hydroxylation sites is 1. The van der Waals surface area contributed by atoms with Crippen molar-refractivity contribution in [2.45, 2.75) is 25.8 Å². The van der Waals surface area contributed by atoms with Crippen molar-refractivity contribution >= 4 is 5.91 Å². The fourth-order valence-electron chi connectivity index (χ4n) is 3.00. The van der Waals surface area contributed by atoms with Crippen molar-refractivity contribution in [2.24, 2.45) is 0 Å². The average molecular weight is 382 g/mol. The third kappa shape index (κ3) is 4.39. The van der Waals surface area contributed by atoms with Gasteiger partial charge >= 0.3 is 0 Å². The third-order valence-electron chi connectivity index (χ3n) is 4.80. The molecule has 0 radical (unpaired) electrons. The maximum absolute atomic E-state index is 13.0. The van der Waals surface area contributed by atoms with Gasteiger partial charge in [0.1, 0.15) is 11.6 Å². The number of carbonyl (C=O) groups is 1. The quantitative estimate of drug-likeness (QED) is 0.597.